The van der Waals surface area contributed by atoms with Crippen LogP contribution < -0.4 is 10.1 Å². The molecule has 1 aliphatic carbocycles. The first-order valence-electron chi connectivity index (χ1n) is 7.43. The Balaban J connectivity index is 1.81. The second-order valence-electron chi connectivity index (χ2n) is 5.89. The van der Waals surface area contributed by atoms with Crippen molar-refractivity contribution in [2.45, 2.75) is 24.9 Å². The molecule has 1 aliphatic heterocycles. The van der Waals surface area contributed by atoms with Crippen molar-refractivity contribution in [3.05, 3.63) is 60.2 Å². The van der Waals surface area contributed by atoms with E-state index in [1.807, 2.05) is 54.6 Å². The summed E-state index contributed by atoms with van der Waals surface area (Å²) in [6.45, 7) is 0. The van der Waals surface area contributed by atoms with E-state index in [4.69, 9.17) is 4.74 Å². The van der Waals surface area contributed by atoms with Crippen LogP contribution >= 0.6 is 0 Å². The maximum atomic E-state index is 12.8. The van der Waals surface area contributed by atoms with Crippen molar-refractivity contribution in [1.82, 2.24) is 0 Å². The molecular formula is C18H17NO2. The zero-order valence-corrected chi connectivity index (χ0v) is 11.7. The molecule has 2 aromatic carbocycles. The second kappa shape index (κ2) is 4.62. The predicted octanol–water partition coefficient (Wildman–Crippen LogP) is 3.71. The van der Waals surface area contributed by atoms with E-state index < -0.39 is 5.60 Å². The van der Waals surface area contributed by atoms with Crippen molar-refractivity contribution in [1.29, 1.82) is 0 Å². The molecule has 2 aromatic rings. The minimum atomic E-state index is -0.892. The topological polar surface area (TPSA) is 38.3 Å². The van der Waals surface area contributed by atoms with Crippen molar-refractivity contribution in [2.75, 3.05) is 5.32 Å². The van der Waals surface area contributed by atoms with Gasteiger partial charge in [-0.2, -0.15) is 0 Å². The molecule has 1 unspecified atom stereocenters. The highest BCUT2D eigenvalue weighted by molar-refractivity contribution is 6.01. The molecule has 0 spiro atoms. The Morgan fingerprint density at radius 3 is 2.52 bits per heavy atom. The molecule has 1 amide bonds. The number of nitrogens with one attached hydrogen (secondary N) is 1. The highest BCUT2D eigenvalue weighted by atomic mass is 16.5. The van der Waals surface area contributed by atoms with Crippen molar-refractivity contribution < 1.29 is 9.53 Å². The lowest BCUT2D eigenvalue weighted by Crippen LogP contribution is -2.48. The highest BCUT2D eigenvalue weighted by Gasteiger charge is 2.49. The van der Waals surface area contributed by atoms with Gasteiger partial charge >= 0.3 is 0 Å². The summed E-state index contributed by atoms with van der Waals surface area (Å²) in [5, 5.41) is 3.02. The summed E-state index contributed by atoms with van der Waals surface area (Å²) in [5.41, 5.74) is 0.797. The highest BCUT2D eigenvalue weighted by Crippen LogP contribution is 2.47. The van der Waals surface area contributed by atoms with Crippen LogP contribution in [0.2, 0.25) is 0 Å². The number of para-hydroxylation sites is 2. The van der Waals surface area contributed by atoms with Crippen LogP contribution in [0.15, 0.2) is 54.6 Å². The average molecular weight is 279 g/mol. The molecule has 1 saturated carbocycles. The van der Waals surface area contributed by atoms with Crippen molar-refractivity contribution >= 4 is 11.6 Å². The van der Waals surface area contributed by atoms with Crippen LogP contribution in [-0.2, 0) is 10.4 Å². The number of carbonyl (C=O) groups is 1. The molecule has 0 bridgehead atoms. The largest absolute Gasteiger partial charge is 0.470 e. The molecule has 4 rings (SSSR count). The van der Waals surface area contributed by atoms with E-state index in [-0.39, 0.29) is 5.91 Å². The Morgan fingerprint density at radius 1 is 1.05 bits per heavy atom. The minimum Gasteiger partial charge on any atom is -0.470 e. The summed E-state index contributed by atoms with van der Waals surface area (Å²) in [6, 6.07) is 17.5. The SMILES string of the molecule is O=C1Nc2ccccc2OC1(CC1CC1)c1ccccc1. The maximum absolute atomic E-state index is 12.8. The van der Waals surface area contributed by atoms with Crippen molar-refractivity contribution in [3.8, 4) is 5.75 Å². The third kappa shape index (κ3) is 2.09. The number of carbonyl (C=O) groups excluding carboxylic acids is 1. The van der Waals surface area contributed by atoms with Gasteiger partial charge < -0.3 is 10.1 Å². The van der Waals surface area contributed by atoms with E-state index in [1.165, 1.54) is 12.8 Å². The Bertz CT molecular complexity index is 679. The standard InChI is InChI=1S/C18H17NO2/c20-17-18(12-13-10-11-13,14-6-2-1-3-7-14)21-16-9-5-4-8-15(16)19-17/h1-9,13H,10-12H2,(H,19,20). The number of ether oxygens (including phenoxy) is 1. The second-order valence-corrected chi connectivity index (χ2v) is 5.89. The molecule has 1 heterocycles. The molecule has 1 atom stereocenters. The fourth-order valence-corrected chi connectivity index (χ4v) is 2.99. The maximum Gasteiger partial charge on any atom is 0.273 e. The van der Waals surface area contributed by atoms with Gasteiger partial charge in [0, 0.05) is 12.0 Å². The quantitative estimate of drug-likeness (QED) is 0.930. The summed E-state index contributed by atoms with van der Waals surface area (Å²) in [7, 11) is 0. The molecule has 21 heavy (non-hydrogen) atoms. The lowest BCUT2D eigenvalue weighted by molar-refractivity contribution is -0.134. The molecular weight excluding hydrogens is 262 g/mol. The molecule has 0 saturated heterocycles. The monoisotopic (exact) mass is 279 g/mol. The Kier molecular flexibility index (Phi) is 2.74. The molecule has 0 radical (unpaired) electrons. The van der Waals surface area contributed by atoms with Gasteiger partial charge in [-0.3, -0.25) is 4.79 Å². The molecule has 0 aromatic heterocycles. The molecule has 1 fully saturated rings. The summed E-state index contributed by atoms with van der Waals surface area (Å²) >= 11 is 0. The van der Waals surface area contributed by atoms with Crippen LogP contribution in [-0.4, -0.2) is 5.91 Å². The summed E-state index contributed by atoms with van der Waals surface area (Å²) in [4.78, 5) is 12.8. The van der Waals surface area contributed by atoms with Crippen LogP contribution in [0.1, 0.15) is 24.8 Å². The number of amides is 1. The lowest BCUT2D eigenvalue weighted by atomic mass is 9.86. The van der Waals surface area contributed by atoms with Crippen LogP contribution in [0, 0.1) is 5.92 Å². The fourth-order valence-electron chi connectivity index (χ4n) is 2.99. The molecule has 1 N–H and O–H groups in total. The van der Waals surface area contributed by atoms with Gasteiger partial charge in [0.2, 0.25) is 5.60 Å². The number of benzene rings is 2. The first-order chi connectivity index (χ1) is 10.3. The van der Waals surface area contributed by atoms with Gasteiger partial charge in [0.25, 0.3) is 5.91 Å². The average Bonchev–Trinajstić information content (AvgIpc) is 3.33. The third-order valence-corrected chi connectivity index (χ3v) is 4.30. The minimum absolute atomic E-state index is 0.0562. The number of hydrogen-bond donors (Lipinski definition) is 1. The zero-order valence-electron chi connectivity index (χ0n) is 11.7. The summed E-state index contributed by atoms with van der Waals surface area (Å²) in [5.74, 6) is 1.28. The van der Waals surface area contributed by atoms with E-state index in [1.54, 1.807) is 0 Å². The van der Waals surface area contributed by atoms with Crippen LogP contribution in [0.3, 0.4) is 0 Å². The molecule has 106 valence electrons. The van der Waals surface area contributed by atoms with Gasteiger partial charge in [0.05, 0.1) is 5.69 Å². The smallest absolute Gasteiger partial charge is 0.273 e. The molecule has 2 aliphatic rings. The van der Waals surface area contributed by atoms with Crippen LogP contribution in [0.25, 0.3) is 0 Å². The predicted molar refractivity (Wildman–Crippen MR) is 81.2 cm³/mol. The van der Waals surface area contributed by atoms with E-state index in [0.29, 0.717) is 5.92 Å². The fraction of sp³-hybridized carbons (Fsp3) is 0.278. The van der Waals surface area contributed by atoms with Gasteiger partial charge in [-0.25, -0.2) is 0 Å². The third-order valence-electron chi connectivity index (χ3n) is 4.30. The lowest BCUT2D eigenvalue weighted by Gasteiger charge is -2.38. The Labute approximate surface area is 123 Å². The summed E-state index contributed by atoms with van der Waals surface area (Å²) in [6.07, 6.45) is 3.12. The number of fused-ring (bicyclic) bond motifs is 1. The van der Waals surface area contributed by atoms with Crippen LogP contribution in [0.4, 0.5) is 5.69 Å². The van der Waals surface area contributed by atoms with Gasteiger partial charge in [-0.1, -0.05) is 55.3 Å². The Hall–Kier alpha value is -2.29. The van der Waals surface area contributed by atoms with Crippen molar-refractivity contribution in [3.63, 3.8) is 0 Å². The number of hydrogen-bond acceptors (Lipinski definition) is 2. The van der Waals surface area contributed by atoms with Gasteiger partial charge in [-0.15, -0.1) is 0 Å². The van der Waals surface area contributed by atoms with Gasteiger partial charge in [-0.05, 0) is 18.1 Å². The number of rotatable bonds is 3. The van der Waals surface area contributed by atoms with E-state index in [9.17, 15) is 4.79 Å². The first-order valence-corrected chi connectivity index (χ1v) is 7.43. The van der Waals surface area contributed by atoms with Crippen LogP contribution in [0.5, 0.6) is 5.75 Å². The summed E-state index contributed by atoms with van der Waals surface area (Å²) < 4.78 is 6.26. The number of anilines is 1. The first kappa shape index (κ1) is 12.5. The van der Waals surface area contributed by atoms with Crippen molar-refractivity contribution in [2.24, 2.45) is 5.92 Å². The van der Waals surface area contributed by atoms with E-state index >= 15 is 0 Å². The van der Waals surface area contributed by atoms with E-state index in [2.05, 4.69) is 5.32 Å². The van der Waals surface area contributed by atoms with Gasteiger partial charge in [0.1, 0.15) is 5.75 Å². The normalized spacial score (nSPS) is 23.9. The molecule has 3 heteroatoms. The van der Waals surface area contributed by atoms with E-state index in [0.717, 1.165) is 23.4 Å². The molecule has 3 nitrogen and oxygen atoms in total. The zero-order chi connectivity index (χ0) is 14.3. The Morgan fingerprint density at radius 2 is 1.76 bits per heavy atom. The van der Waals surface area contributed by atoms with Gasteiger partial charge in [0.15, 0.2) is 0 Å².